The van der Waals surface area contributed by atoms with Gasteiger partial charge in [0.15, 0.2) is 0 Å². The number of aromatic amines is 1. The Morgan fingerprint density at radius 2 is 1.74 bits per heavy atom. The van der Waals surface area contributed by atoms with E-state index in [1.165, 1.54) is 24.9 Å². The molecule has 1 atom stereocenters. The van der Waals surface area contributed by atoms with Gasteiger partial charge in [-0.3, -0.25) is 4.79 Å². The number of hydrogen-bond donors (Lipinski definition) is 1. The van der Waals surface area contributed by atoms with Gasteiger partial charge in [-0.2, -0.15) is 0 Å². The second kappa shape index (κ2) is 8.46. The minimum Gasteiger partial charge on any atom is -0.497 e. The van der Waals surface area contributed by atoms with Crippen LogP contribution in [0.15, 0.2) is 54.9 Å². The largest absolute Gasteiger partial charge is 0.497 e. The number of hydrogen-bond acceptors (Lipinski definition) is 4. The summed E-state index contributed by atoms with van der Waals surface area (Å²) >= 11 is 0. The van der Waals surface area contributed by atoms with Crippen LogP contribution in [0.1, 0.15) is 52.6 Å². The third-order valence-corrected chi connectivity index (χ3v) is 6.45. The molecule has 2 aliphatic rings. The Labute approximate surface area is 182 Å². The zero-order valence-corrected chi connectivity index (χ0v) is 17.9. The van der Waals surface area contributed by atoms with Crippen molar-refractivity contribution in [2.45, 2.75) is 31.7 Å². The first-order valence-corrected chi connectivity index (χ1v) is 11.1. The number of rotatable bonds is 4. The number of benzene rings is 2. The Bertz CT molecular complexity index is 1040. The van der Waals surface area contributed by atoms with Crippen molar-refractivity contribution in [1.29, 1.82) is 0 Å². The molecule has 3 aromatic rings. The van der Waals surface area contributed by atoms with Crippen LogP contribution in [0.5, 0.6) is 5.75 Å². The Kier molecular flexibility index (Phi) is 5.37. The maximum atomic E-state index is 13.6. The Hall–Kier alpha value is -3.28. The summed E-state index contributed by atoms with van der Waals surface area (Å²) in [5, 5.41) is 0. The predicted octanol–water partition coefficient (Wildman–Crippen LogP) is 4.20. The third-order valence-electron chi connectivity index (χ3n) is 6.45. The lowest BCUT2D eigenvalue weighted by molar-refractivity contribution is 0.0690. The number of anilines is 1. The zero-order chi connectivity index (χ0) is 21.2. The molecule has 0 saturated carbocycles. The normalized spacial score (nSPS) is 18.5. The fraction of sp³-hybridized carbons (Fsp3) is 0.360. The summed E-state index contributed by atoms with van der Waals surface area (Å²) in [7, 11) is 1.66. The van der Waals surface area contributed by atoms with Crippen molar-refractivity contribution in [1.82, 2.24) is 14.9 Å². The van der Waals surface area contributed by atoms with Crippen LogP contribution in [-0.2, 0) is 6.42 Å². The average molecular weight is 417 g/mol. The number of H-pyrrole nitrogens is 1. The first-order valence-electron chi connectivity index (χ1n) is 11.1. The van der Waals surface area contributed by atoms with Gasteiger partial charge in [-0.25, -0.2) is 4.98 Å². The number of aromatic nitrogens is 2. The second-order valence-electron chi connectivity index (χ2n) is 8.29. The van der Waals surface area contributed by atoms with Gasteiger partial charge in [-0.15, -0.1) is 0 Å². The number of nitrogens with zero attached hydrogens (tertiary/aromatic N) is 3. The van der Waals surface area contributed by atoms with E-state index in [-0.39, 0.29) is 11.9 Å². The van der Waals surface area contributed by atoms with Crippen LogP contribution in [-0.4, -0.2) is 47.5 Å². The lowest BCUT2D eigenvalue weighted by Crippen LogP contribution is -2.40. The molecular weight excluding hydrogens is 388 g/mol. The summed E-state index contributed by atoms with van der Waals surface area (Å²) in [6.45, 7) is 2.85. The first-order chi connectivity index (χ1) is 15.2. The van der Waals surface area contributed by atoms with Crippen molar-refractivity contribution in [3.05, 3.63) is 77.4 Å². The number of fused-ring (bicyclic) bond motifs is 1. The predicted molar refractivity (Wildman–Crippen MR) is 121 cm³/mol. The molecule has 6 heteroatoms. The minimum absolute atomic E-state index is 0.0414. The molecule has 3 heterocycles. The molecule has 1 aromatic heterocycles. The fourth-order valence-corrected chi connectivity index (χ4v) is 4.75. The van der Waals surface area contributed by atoms with E-state index in [1.54, 1.807) is 13.4 Å². The van der Waals surface area contributed by atoms with Gasteiger partial charge in [0.1, 0.15) is 11.8 Å². The Morgan fingerprint density at radius 3 is 2.45 bits per heavy atom. The van der Waals surface area contributed by atoms with Crippen LogP contribution >= 0.6 is 0 Å². The van der Waals surface area contributed by atoms with Gasteiger partial charge in [0.25, 0.3) is 5.91 Å². The minimum atomic E-state index is -0.213. The smallest absolute Gasteiger partial charge is 0.254 e. The maximum absolute atomic E-state index is 13.6. The zero-order valence-electron chi connectivity index (χ0n) is 17.9. The van der Waals surface area contributed by atoms with Gasteiger partial charge >= 0.3 is 0 Å². The highest BCUT2D eigenvalue weighted by Gasteiger charge is 2.34. The summed E-state index contributed by atoms with van der Waals surface area (Å²) in [6, 6.07) is 15.8. The second-order valence-corrected chi connectivity index (χ2v) is 8.29. The molecular formula is C25H28N4O2. The highest BCUT2D eigenvalue weighted by molar-refractivity contribution is 5.95. The van der Waals surface area contributed by atoms with Gasteiger partial charge in [0.2, 0.25) is 0 Å². The third kappa shape index (κ3) is 3.78. The monoisotopic (exact) mass is 416 g/mol. The van der Waals surface area contributed by atoms with Crippen molar-refractivity contribution < 1.29 is 9.53 Å². The highest BCUT2D eigenvalue weighted by Crippen LogP contribution is 2.35. The van der Waals surface area contributed by atoms with E-state index in [9.17, 15) is 4.79 Å². The quantitative estimate of drug-likeness (QED) is 0.693. The highest BCUT2D eigenvalue weighted by atomic mass is 16.5. The SMILES string of the molecule is COc1ccc([C@@H]2c3nc[nH]c3CCN2C(=O)c2ccc(N3CCCCC3)cc2)cc1. The van der Waals surface area contributed by atoms with Gasteiger partial charge in [0, 0.05) is 43.0 Å². The van der Waals surface area contributed by atoms with Crippen LogP contribution in [0.25, 0.3) is 0 Å². The first kappa shape index (κ1) is 19.7. The summed E-state index contributed by atoms with van der Waals surface area (Å²) in [5.74, 6) is 0.840. The van der Waals surface area contributed by atoms with Gasteiger partial charge in [0.05, 0.1) is 19.1 Å². The Morgan fingerprint density at radius 1 is 1.00 bits per heavy atom. The molecule has 1 fully saturated rings. The van der Waals surface area contributed by atoms with E-state index in [4.69, 9.17) is 4.74 Å². The molecule has 0 aliphatic carbocycles. The van der Waals surface area contributed by atoms with Crippen LogP contribution in [0.3, 0.4) is 0 Å². The topological polar surface area (TPSA) is 61.5 Å². The van der Waals surface area contributed by atoms with E-state index in [0.717, 1.165) is 47.8 Å². The molecule has 1 amide bonds. The van der Waals surface area contributed by atoms with E-state index >= 15 is 0 Å². The molecule has 0 unspecified atom stereocenters. The number of methoxy groups -OCH3 is 1. The Balaban J connectivity index is 1.43. The van der Waals surface area contributed by atoms with Crippen LogP contribution < -0.4 is 9.64 Å². The van der Waals surface area contributed by atoms with E-state index in [1.807, 2.05) is 41.3 Å². The molecule has 1 N–H and O–H groups in total. The molecule has 2 aliphatic heterocycles. The van der Waals surface area contributed by atoms with Crippen molar-refractivity contribution in [2.75, 3.05) is 31.6 Å². The van der Waals surface area contributed by atoms with Crippen molar-refractivity contribution >= 4 is 11.6 Å². The number of nitrogens with one attached hydrogen (secondary N) is 1. The lowest BCUT2D eigenvalue weighted by Gasteiger charge is -2.35. The van der Waals surface area contributed by atoms with Gasteiger partial charge in [-0.1, -0.05) is 12.1 Å². The summed E-state index contributed by atoms with van der Waals surface area (Å²) in [5.41, 5.74) is 4.99. The molecule has 0 bridgehead atoms. The van der Waals surface area contributed by atoms with E-state index < -0.39 is 0 Å². The van der Waals surface area contributed by atoms with Crippen LogP contribution in [0, 0.1) is 0 Å². The molecule has 1 saturated heterocycles. The van der Waals surface area contributed by atoms with Crippen molar-refractivity contribution in [3.8, 4) is 5.75 Å². The van der Waals surface area contributed by atoms with Crippen LogP contribution in [0.2, 0.25) is 0 Å². The molecule has 31 heavy (non-hydrogen) atoms. The standard InChI is InChI=1S/C25H28N4O2/c1-31-21-11-7-18(8-12-21)24-23-22(26-17-27-23)13-16-29(24)25(30)19-5-9-20(10-6-19)28-14-3-2-4-15-28/h5-12,17,24H,2-4,13-16H2,1H3,(H,26,27)/t24-/m1/s1. The number of piperidine rings is 1. The number of ether oxygens (including phenoxy) is 1. The average Bonchev–Trinajstić information content (AvgIpc) is 3.33. The summed E-state index contributed by atoms with van der Waals surface area (Å²) in [6.07, 6.45) is 6.29. The lowest BCUT2D eigenvalue weighted by atomic mass is 9.94. The molecule has 6 nitrogen and oxygen atoms in total. The van der Waals surface area contributed by atoms with Gasteiger partial charge < -0.3 is 19.5 Å². The van der Waals surface area contributed by atoms with E-state index in [0.29, 0.717) is 6.54 Å². The van der Waals surface area contributed by atoms with E-state index in [2.05, 4.69) is 27.0 Å². The summed E-state index contributed by atoms with van der Waals surface area (Å²) < 4.78 is 5.31. The fourth-order valence-electron chi connectivity index (χ4n) is 4.75. The molecule has 0 spiro atoms. The molecule has 160 valence electrons. The van der Waals surface area contributed by atoms with Crippen LogP contribution in [0.4, 0.5) is 5.69 Å². The molecule has 5 rings (SSSR count). The van der Waals surface area contributed by atoms with Crippen molar-refractivity contribution in [3.63, 3.8) is 0 Å². The number of amides is 1. The molecule has 2 aromatic carbocycles. The number of imidazole rings is 1. The maximum Gasteiger partial charge on any atom is 0.254 e. The number of carbonyl (C=O) groups is 1. The van der Waals surface area contributed by atoms with Crippen molar-refractivity contribution in [2.24, 2.45) is 0 Å². The number of carbonyl (C=O) groups excluding carboxylic acids is 1. The summed E-state index contributed by atoms with van der Waals surface area (Å²) in [4.78, 5) is 25.7. The van der Waals surface area contributed by atoms with Gasteiger partial charge in [-0.05, 0) is 61.2 Å². The molecule has 0 radical (unpaired) electrons.